The number of benzene rings is 3. The fourth-order valence-corrected chi connectivity index (χ4v) is 4.34. The zero-order valence-electron chi connectivity index (χ0n) is 16.8. The number of rotatable bonds is 8. The van der Waals surface area contributed by atoms with Gasteiger partial charge in [-0.2, -0.15) is 0 Å². The summed E-state index contributed by atoms with van der Waals surface area (Å²) in [6.45, 7) is 4.57. The fourth-order valence-electron chi connectivity index (χ4n) is 3.63. The van der Waals surface area contributed by atoms with Crippen molar-refractivity contribution in [2.45, 2.75) is 52.4 Å². The largest absolute Gasteiger partial charge is 0.0654 e. The summed E-state index contributed by atoms with van der Waals surface area (Å²) in [5.41, 5.74) is 8.44. The molecule has 0 spiro atoms. The molecule has 0 fully saturated rings. The molecular weight excluding hydrogens is 566 g/mol. The van der Waals surface area contributed by atoms with Gasteiger partial charge in [-0.05, 0) is 129 Å². The van der Waals surface area contributed by atoms with Crippen molar-refractivity contribution in [3.05, 3.63) is 78.9 Å². The first kappa shape index (κ1) is 21.8. The third kappa shape index (κ3) is 5.59. The van der Waals surface area contributed by atoms with Crippen molar-refractivity contribution < 1.29 is 0 Å². The summed E-state index contributed by atoms with van der Waals surface area (Å²) in [5, 5.41) is 0. The van der Waals surface area contributed by atoms with E-state index >= 15 is 0 Å². The average molecular weight is 594 g/mol. The van der Waals surface area contributed by atoms with Crippen LogP contribution < -0.4 is 0 Å². The van der Waals surface area contributed by atoms with Crippen molar-refractivity contribution in [2.75, 3.05) is 0 Å². The van der Waals surface area contributed by atoms with E-state index in [1.807, 2.05) is 0 Å². The van der Waals surface area contributed by atoms with Gasteiger partial charge in [-0.15, -0.1) is 0 Å². The van der Waals surface area contributed by atoms with Crippen LogP contribution in [0.2, 0.25) is 0 Å². The highest BCUT2D eigenvalue weighted by molar-refractivity contribution is 14.1. The molecule has 0 bridgehead atoms. The normalized spacial score (nSPS) is 11.0. The van der Waals surface area contributed by atoms with E-state index < -0.39 is 0 Å². The number of hydrogen-bond acceptors (Lipinski definition) is 0. The maximum absolute atomic E-state index is 2.48. The molecule has 0 N–H and O–H groups in total. The van der Waals surface area contributed by atoms with E-state index in [1.165, 1.54) is 79.0 Å². The number of halogens is 2. The molecule has 0 heterocycles. The number of aryl methyl sites for hydroxylation is 2. The minimum atomic E-state index is 1.18. The molecule has 0 aliphatic carbocycles. The molecule has 0 unspecified atom stereocenters. The summed E-state index contributed by atoms with van der Waals surface area (Å²) in [7, 11) is 0. The Labute approximate surface area is 197 Å². The van der Waals surface area contributed by atoms with Crippen molar-refractivity contribution >= 4 is 45.2 Å². The Hall–Kier alpha value is -0.880. The highest BCUT2D eigenvalue weighted by atomic mass is 127. The van der Waals surface area contributed by atoms with Gasteiger partial charge in [0.1, 0.15) is 0 Å². The maximum atomic E-state index is 2.48. The molecule has 0 saturated heterocycles. The summed E-state index contributed by atoms with van der Waals surface area (Å²) in [6.07, 6.45) is 7.36. The standard InChI is InChI=1S/C26H28I2/c1-3-5-7-21-17-25(19-9-13-23(27)14-10-19)26(18-22(21)8-6-4-2)20-11-15-24(28)16-12-20/h9-18H,3-8H2,1-2H3. The van der Waals surface area contributed by atoms with E-state index in [0.717, 1.165) is 0 Å². The van der Waals surface area contributed by atoms with Crippen LogP contribution in [0.1, 0.15) is 50.7 Å². The van der Waals surface area contributed by atoms with Gasteiger partial charge in [-0.1, -0.05) is 63.1 Å². The Balaban J connectivity index is 2.17. The smallest absolute Gasteiger partial charge is 0.0130 e. The van der Waals surface area contributed by atoms with Crippen LogP contribution in [-0.4, -0.2) is 0 Å². The van der Waals surface area contributed by atoms with Crippen molar-refractivity contribution in [1.82, 2.24) is 0 Å². The molecule has 28 heavy (non-hydrogen) atoms. The van der Waals surface area contributed by atoms with Crippen molar-refractivity contribution in [3.8, 4) is 22.3 Å². The quantitative estimate of drug-likeness (QED) is 0.229. The highest BCUT2D eigenvalue weighted by Crippen LogP contribution is 2.36. The zero-order chi connectivity index (χ0) is 19.9. The summed E-state index contributed by atoms with van der Waals surface area (Å²) < 4.78 is 2.56. The topological polar surface area (TPSA) is 0 Å². The van der Waals surface area contributed by atoms with Gasteiger partial charge in [0.15, 0.2) is 0 Å². The predicted octanol–water partition coefficient (Wildman–Crippen LogP) is 8.92. The Kier molecular flexibility index (Phi) is 8.39. The molecule has 0 radical (unpaired) electrons. The van der Waals surface area contributed by atoms with Gasteiger partial charge in [-0.3, -0.25) is 0 Å². The van der Waals surface area contributed by atoms with Gasteiger partial charge in [0, 0.05) is 7.14 Å². The van der Waals surface area contributed by atoms with Gasteiger partial charge in [0.2, 0.25) is 0 Å². The maximum Gasteiger partial charge on any atom is 0.0130 e. The van der Waals surface area contributed by atoms with Gasteiger partial charge >= 0.3 is 0 Å². The Bertz CT molecular complexity index is 816. The molecule has 2 heteroatoms. The summed E-state index contributed by atoms with van der Waals surface area (Å²) >= 11 is 4.77. The number of hydrogen-bond donors (Lipinski definition) is 0. The first-order valence-electron chi connectivity index (χ1n) is 10.3. The zero-order valence-corrected chi connectivity index (χ0v) is 21.1. The lowest BCUT2D eigenvalue weighted by Crippen LogP contribution is -1.99. The van der Waals surface area contributed by atoms with Crippen LogP contribution in [0.25, 0.3) is 22.3 Å². The molecule has 0 nitrogen and oxygen atoms in total. The van der Waals surface area contributed by atoms with Crippen LogP contribution in [0, 0.1) is 7.14 Å². The monoisotopic (exact) mass is 594 g/mol. The van der Waals surface area contributed by atoms with E-state index in [1.54, 1.807) is 0 Å². The first-order chi connectivity index (χ1) is 13.6. The van der Waals surface area contributed by atoms with E-state index in [-0.39, 0.29) is 0 Å². The first-order valence-corrected chi connectivity index (χ1v) is 12.5. The van der Waals surface area contributed by atoms with Gasteiger partial charge < -0.3 is 0 Å². The van der Waals surface area contributed by atoms with Gasteiger partial charge in [-0.25, -0.2) is 0 Å². The van der Waals surface area contributed by atoms with Gasteiger partial charge in [0.25, 0.3) is 0 Å². The van der Waals surface area contributed by atoms with E-state index in [4.69, 9.17) is 0 Å². The van der Waals surface area contributed by atoms with E-state index in [0.29, 0.717) is 0 Å². The lowest BCUT2D eigenvalue weighted by atomic mass is 9.87. The second-order valence-electron chi connectivity index (χ2n) is 7.39. The minimum absolute atomic E-state index is 1.18. The predicted molar refractivity (Wildman–Crippen MR) is 140 cm³/mol. The van der Waals surface area contributed by atoms with Crippen LogP contribution in [-0.2, 0) is 12.8 Å². The molecule has 3 rings (SSSR count). The second kappa shape index (κ2) is 10.8. The molecule has 0 saturated carbocycles. The SMILES string of the molecule is CCCCc1cc(-c2ccc(I)cc2)c(-c2ccc(I)cc2)cc1CCCC. The van der Waals surface area contributed by atoms with Crippen molar-refractivity contribution in [1.29, 1.82) is 0 Å². The van der Waals surface area contributed by atoms with Crippen LogP contribution >= 0.6 is 45.2 Å². The minimum Gasteiger partial charge on any atom is -0.0654 e. The van der Waals surface area contributed by atoms with E-state index in [9.17, 15) is 0 Å². The van der Waals surface area contributed by atoms with Crippen LogP contribution in [0.4, 0.5) is 0 Å². The molecular formula is C26H28I2. The molecule has 3 aromatic rings. The molecule has 3 aromatic carbocycles. The summed E-state index contributed by atoms with van der Waals surface area (Å²) in [6, 6.07) is 22.9. The highest BCUT2D eigenvalue weighted by Gasteiger charge is 2.13. The molecule has 0 aromatic heterocycles. The molecule has 0 aliphatic heterocycles. The molecule has 0 amide bonds. The Morgan fingerprint density at radius 1 is 0.571 bits per heavy atom. The summed E-state index contributed by atoms with van der Waals surface area (Å²) in [5.74, 6) is 0. The Morgan fingerprint density at radius 3 is 1.25 bits per heavy atom. The van der Waals surface area contributed by atoms with Crippen LogP contribution in [0.3, 0.4) is 0 Å². The average Bonchev–Trinajstić information content (AvgIpc) is 2.72. The molecule has 0 aliphatic rings. The Morgan fingerprint density at radius 2 is 0.929 bits per heavy atom. The van der Waals surface area contributed by atoms with E-state index in [2.05, 4.69) is 120 Å². The van der Waals surface area contributed by atoms with Gasteiger partial charge in [0.05, 0.1) is 0 Å². The van der Waals surface area contributed by atoms with Crippen LogP contribution in [0.5, 0.6) is 0 Å². The third-order valence-electron chi connectivity index (χ3n) is 5.25. The molecule has 0 atom stereocenters. The third-order valence-corrected chi connectivity index (χ3v) is 6.69. The molecule has 146 valence electrons. The summed E-state index contributed by atoms with van der Waals surface area (Å²) in [4.78, 5) is 0. The fraction of sp³-hybridized carbons (Fsp3) is 0.308. The van der Waals surface area contributed by atoms with Crippen molar-refractivity contribution in [2.24, 2.45) is 0 Å². The lowest BCUT2D eigenvalue weighted by Gasteiger charge is -2.18. The number of unbranched alkanes of at least 4 members (excludes halogenated alkanes) is 2. The van der Waals surface area contributed by atoms with Crippen LogP contribution in [0.15, 0.2) is 60.7 Å². The second-order valence-corrected chi connectivity index (χ2v) is 9.88. The van der Waals surface area contributed by atoms with Crippen molar-refractivity contribution in [3.63, 3.8) is 0 Å². The lowest BCUT2D eigenvalue weighted by molar-refractivity contribution is 0.758.